The third kappa shape index (κ3) is 2.44. The average Bonchev–Trinajstić information content (AvgIpc) is 2.83. The quantitative estimate of drug-likeness (QED) is 0.927. The fourth-order valence-electron chi connectivity index (χ4n) is 3.10. The number of benzene rings is 1. The third-order valence-electron chi connectivity index (χ3n) is 3.97. The van der Waals surface area contributed by atoms with Gasteiger partial charge in [-0.2, -0.15) is 5.26 Å². The van der Waals surface area contributed by atoms with Crippen molar-refractivity contribution in [3.63, 3.8) is 0 Å². The second-order valence-corrected chi connectivity index (χ2v) is 5.24. The number of aliphatic carboxylic acids is 1. The molecule has 0 aromatic heterocycles. The maximum atomic E-state index is 14.2. The Bertz CT molecular complexity index is 589. The van der Waals surface area contributed by atoms with Crippen LogP contribution in [0.5, 0.6) is 0 Å². The highest BCUT2D eigenvalue weighted by Crippen LogP contribution is 2.40. The number of anilines is 1. The zero-order valence-electron chi connectivity index (χ0n) is 11.7. The Balaban J connectivity index is 2.55. The van der Waals surface area contributed by atoms with Crippen molar-refractivity contribution in [3.05, 3.63) is 29.3 Å². The summed E-state index contributed by atoms with van der Waals surface area (Å²) in [6.07, 6.45) is 1.84. The van der Waals surface area contributed by atoms with Gasteiger partial charge in [-0.25, -0.2) is 13.6 Å². The lowest BCUT2D eigenvalue weighted by molar-refractivity contribution is -0.143. The van der Waals surface area contributed by atoms with E-state index in [1.807, 2.05) is 6.92 Å². The first kappa shape index (κ1) is 15.2. The van der Waals surface area contributed by atoms with Crippen molar-refractivity contribution in [3.8, 4) is 6.07 Å². The molecular weight excluding hydrogens is 278 g/mol. The number of nitrogens with zero attached hydrogens (tertiary/aromatic N) is 2. The van der Waals surface area contributed by atoms with Crippen molar-refractivity contribution in [2.24, 2.45) is 0 Å². The van der Waals surface area contributed by atoms with E-state index in [1.54, 1.807) is 6.07 Å². The Morgan fingerprint density at radius 1 is 1.48 bits per heavy atom. The van der Waals surface area contributed by atoms with Crippen LogP contribution in [0, 0.1) is 23.0 Å². The molecule has 0 amide bonds. The average molecular weight is 294 g/mol. The predicted molar refractivity (Wildman–Crippen MR) is 72.9 cm³/mol. The molecule has 1 fully saturated rings. The summed E-state index contributed by atoms with van der Waals surface area (Å²) in [6.45, 7) is 2.12. The normalized spacial score (nSPS) is 21.3. The molecule has 1 saturated heterocycles. The van der Waals surface area contributed by atoms with Crippen LogP contribution in [0.15, 0.2) is 12.1 Å². The molecule has 1 unspecified atom stereocenters. The van der Waals surface area contributed by atoms with Crippen LogP contribution >= 0.6 is 0 Å². The Labute approximate surface area is 121 Å². The molecule has 0 spiro atoms. The Morgan fingerprint density at radius 3 is 2.57 bits per heavy atom. The predicted octanol–water partition coefficient (Wildman–Crippen LogP) is 3.06. The summed E-state index contributed by atoms with van der Waals surface area (Å²) in [7, 11) is 0. The van der Waals surface area contributed by atoms with Crippen molar-refractivity contribution in [2.45, 2.75) is 38.1 Å². The van der Waals surface area contributed by atoms with Gasteiger partial charge >= 0.3 is 5.97 Å². The summed E-state index contributed by atoms with van der Waals surface area (Å²) in [6, 6.07) is 3.56. The van der Waals surface area contributed by atoms with E-state index in [0.29, 0.717) is 25.7 Å². The van der Waals surface area contributed by atoms with Crippen LogP contribution < -0.4 is 4.90 Å². The van der Waals surface area contributed by atoms with Gasteiger partial charge in [0.25, 0.3) is 0 Å². The van der Waals surface area contributed by atoms with E-state index in [4.69, 9.17) is 5.26 Å². The highest BCUT2D eigenvalue weighted by Gasteiger charge is 2.48. The fourth-order valence-corrected chi connectivity index (χ4v) is 3.10. The first-order valence-corrected chi connectivity index (χ1v) is 6.86. The maximum absolute atomic E-state index is 14.2. The van der Waals surface area contributed by atoms with E-state index in [-0.39, 0.29) is 17.8 Å². The van der Waals surface area contributed by atoms with Crippen molar-refractivity contribution in [1.29, 1.82) is 5.26 Å². The Kier molecular flexibility index (Phi) is 4.12. The number of carboxylic acid groups (broad SMARTS) is 1. The lowest BCUT2D eigenvalue weighted by Crippen LogP contribution is -2.51. The van der Waals surface area contributed by atoms with Gasteiger partial charge in [0.1, 0.15) is 11.2 Å². The summed E-state index contributed by atoms with van der Waals surface area (Å²) in [5.41, 5.74) is -1.74. The van der Waals surface area contributed by atoms with E-state index in [2.05, 4.69) is 0 Å². The van der Waals surface area contributed by atoms with E-state index < -0.39 is 23.1 Å². The molecular formula is C15H16F2N2O2. The summed E-state index contributed by atoms with van der Waals surface area (Å²) in [5, 5.41) is 18.3. The second-order valence-electron chi connectivity index (χ2n) is 5.24. The van der Waals surface area contributed by atoms with Gasteiger partial charge < -0.3 is 10.0 Å². The minimum atomic E-state index is -1.27. The summed E-state index contributed by atoms with van der Waals surface area (Å²) in [5.74, 6) is -2.85. The number of rotatable bonds is 4. The molecule has 1 heterocycles. The summed E-state index contributed by atoms with van der Waals surface area (Å²) >= 11 is 0. The van der Waals surface area contributed by atoms with Crippen LogP contribution in [-0.4, -0.2) is 23.2 Å². The smallest absolute Gasteiger partial charge is 0.329 e. The maximum Gasteiger partial charge on any atom is 0.329 e. The van der Waals surface area contributed by atoms with Gasteiger partial charge in [-0.3, -0.25) is 0 Å². The molecule has 1 atom stereocenters. The molecule has 1 N–H and O–H groups in total. The van der Waals surface area contributed by atoms with E-state index in [0.717, 1.165) is 12.1 Å². The third-order valence-corrected chi connectivity index (χ3v) is 3.97. The van der Waals surface area contributed by atoms with Crippen LogP contribution in [0.4, 0.5) is 14.5 Å². The SMILES string of the molecule is CCCC1(C(=O)O)CCCN1c1c(F)cc(C#N)cc1F. The molecule has 4 nitrogen and oxygen atoms in total. The monoisotopic (exact) mass is 294 g/mol. The molecule has 1 aliphatic heterocycles. The zero-order valence-corrected chi connectivity index (χ0v) is 11.7. The van der Waals surface area contributed by atoms with Gasteiger partial charge in [0, 0.05) is 6.54 Å². The van der Waals surface area contributed by atoms with Crippen molar-refractivity contribution in [1.82, 2.24) is 0 Å². The number of hydrogen-bond donors (Lipinski definition) is 1. The van der Waals surface area contributed by atoms with Gasteiger partial charge in [0.05, 0.1) is 11.6 Å². The van der Waals surface area contributed by atoms with E-state index in [1.165, 1.54) is 4.90 Å². The van der Waals surface area contributed by atoms with Gasteiger partial charge in [-0.15, -0.1) is 0 Å². The molecule has 1 aromatic carbocycles. The highest BCUT2D eigenvalue weighted by atomic mass is 19.1. The molecule has 6 heteroatoms. The largest absolute Gasteiger partial charge is 0.479 e. The number of carbonyl (C=O) groups is 1. The van der Waals surface area contributed by atoms with Crippen molar-refractivity contribution < 1.29 is 18.7 Å². The lowest BCUT2D eigenvalue weighted by atomic mass is 9.90. The van der Waals surface area contributed by atoms with Crippen LogP contribution in [0.3, 0.4) is 0 Å². The van der Waals surface area contributed by atoms with Crippen LogP contribution in [0.2, 0.25) is 0 Å². The standard InChI is InChI=1S/C15H16F2N2O2/c1-2-4-15(14(20)21)5-3-6-19(15)13-11(16)7-10(9-18)8-12(13)17/h7-8H,2-6H2,1H3,(H,20,21). The zero-order chi connectivity index (χ0) is 15.6. The number of nitriles is 1. The van der Waals surface area contributed by atoms with Gasteiger partial charge in [-0.1, -0.05) is 13.3 Å². The topological polar surface area (TPSA) is 64.3 Å². The molecule has 0 radical (unpaired) electrons. The summed E-state index contributed by atoms with van der Waals surface area (Å²) < 4.78 is 28.3. The first-order valence-electron chi connectivity index (χ1n) is 6.86. The van der Waals surface area contributed by atoms with Crippen molar-refractivity contribution >= 4 is 11.7 Å². The first-order chi connectivity index (χ1) is 9.96. The van der Waals surface area contributed by atoms with Gasteiger partial charge in [-0.05, 0) is 31.4 Å². The molecule has 112 valence electrons. The molecule has 2 rings (SSSR count). The highest BCUT2D eigenvalue weighted by molar-refractivity contribution is 5.84. The molecule has 1 aliphatic rings. The van der Waals surface area contributed by atoms with Crippen LogP contribution in [0.1, 0.15) is 38.2 Å². The molecule has 21 heavy (non-hydrogen) atoms. The van der Waals surface area contributed by atoms with Crippen LogP contribution in [0.25, 0.3) is 0 Å². The van der Waals surface area contributed by atoms with Gasteiger partial charge in [0.15, 0.2) is 11.6 Å². The van der Waals surface area contributed by atoms with Gasteiger partial charge in [0.2, 0.25) is 0 Å². The number of halogens is 2. The molecule has 0 aliphatic carbocycles. The molecule has 0 bridgehead atoms. The number of carboxylic acids is 1. The lowest BCUT2D eigenvalue weighted by Gasteiger charge is -2.36. The minimum absolute atomic E-state index is 0.121. The van der Waals surface area contributed by atoms with Crippen molar-refractivity contribution in [2.75, 3.05) is 11.4 Å². The van der Waals surface area contributed by atoms with Crippen LogP contribution in [-0.2, 0) is 4.79 Å². The van der Waals surface area contributed by atoms with E-state index in [9.17, 15) is 18.7 Å². The summed E-state index contributed by atoms with van der Waals surface area (Å²) in [4.78, 5) is 13.0. The molecule has 1 aromatic rings. The molecule has 0 saturated carbocycles. The number of hydrogen-bond acceptors (Lipinski definition) is 3. The fraction of sp³-hybridized carbons (Fsp3) is 0.467. The Hall–Kier alpha value is -2.16. The minimum Gasteiger partial charge on any atom is -0.479 e. The second kappa shape index (κ2) is 5.68. The van der Waals surface area contributed by atoms with E-state index >= 15 is 0 Å². The Morgan fingerprint density at radius 2 is 2.10 bits per heavy atom.